The molecule has 35 heavy (non-hydrogen) atoms. The third kappa shape index (κ3) is 5.30. The summed E-state index contributed by atoms with van der Waals surface area (Å²) in [6, 6.07) is 3.29. The van der Waals surface area contributed by atoms with Gasteiger partial charge in [0.25, 0.3) is 0 Å². The first-order chi connectivity index (χ1) is 16.3. The second-order valence-electron chi connectivity index (χ2n) is 10.2. The fourth-order valence-corrected chi connectivity index (χ4v) is 6.42. The minimum absolute atomic E-state index is 0.0395. The number of hydrogen-bond acceptors (Lipinski definition) is 5. The zero-order valence-electron chi connectivity index (χ0n) is 20.0. The second kappa shape index (κ2) is 9.53. The molecule has 2 heterocycles. The molecule has 0 radical (unpaired) electrons. The van der Waals surface area contributed by atoms with Gasteiger partial charge in [0, 0.05) is 31.8 Å². The smallest absolute Gasteiger partial charge is 0.381 e. The van der Waals surface area contributed by atoms with E-state index in [1.165, 1.54) is 4.90 Å². The van der Waals surface area contributed by atoms with Gasteiger partial charge in [-0.15, -0.1) is 0 Å². The molecule has 0 unspecified atom stereocenters. The Balaban J connectivity index is 1.61. The molecule has 0 bridgehead atoms. The van der Waals surface area contributed by atoms with Gasteiger partial charge < -0.3 is 15.0 Å². The number of anilines is 1. The molecule has 1 saturated carbocycles. The lowest BCUT2D eigenvalue weighted by atomic mass is 9.74. The van der Waals surface area contributed by atoms with E-state index in [-0.39, 0.29) is 42.3 Å². The molecule has 0 aromatic heterocycles. The zero-order valence-corrected chi connectivity index (χ0v) is 20.8. The predicted octanol–water partition coefficient (Wildman–Crippen LogP) is 2.98. The van der Waals surface area contributed by atoms with Crippen LogP contribution < -0.4 is 14.8 Å². The number of halogens is 3. The van der Waals surface area contributed by atoms with Crippen LogP contribution >= 0.6 is 0 Å². The number of fused-ring (bicyclic) bond motifs is 1. The summed E-state index contributed by atoms with van der Waals surface area (Å²) in [4.78, 5) is 15.3. The Morgan fingerprint density at radius 3 is 2.49 bits per heavy atom. The molecule has 2 fully saturated rings. The Kier molecular flexibility index (Phi) is 7.13. The molecule has 196 valence electrons. The van der Waals surface area contributed by atoms with E-state index >= 15 is 0 Å². The number of hydrogen-bond donors (Lipinski definition) is 2. The van der Waals surface area contributed by atoms with Crippen LogP contribution in [0.4, 0.5) is 18.9 Å². The van der Waals surface area contributed by atoms with Crippen molar-refractivity contribution in [1.29, 1.82) is 0 Å². The number of alkyl halides is 3. The highest BCUT2D eigenvalue weighted by atomic mass is 32.2. The molecule has 1 aromatic rings. The lowest BCUT2D eigenvalue weighted by Gasteiger charge is -2.42. The third-order valence-electron chi connectivity index (χ3n) is 7.70. The highest BCUT2D eigenvalue weighted by Gasteiger charge is 2.50. The number of carbonyl (C=O) groups is 1. The van der Waals surface area contributed by atoms with Crippen molar-refractivity contribution in [2.75, 3.05) is 24.2 Å². The van der Waals surface area contributed by atoms with E-state index in [4.69, 9.17) is 9.88 Å². The highest BCUT2D eigenvalue weighted by Crippen LogP contribution is 2.47. The maximum absolute atomic E-state index is 14.0. The molecular formula is C23H33F3N4O4S. The number of benzene rings is 1. The number of nitrogens with two attached hydrogens (primary N) is 1. The van der Waals surface area contributed by atoms with Gasteiger partial charge in [0.05, 0.1) is 16.7 Å². The first-order valence-corrected chi connectivity index (χ1v) is 13.5. The van der Waals surface area contributed by atoms with E-state index < -0.39 is 27.4 Å². The Bertz CT molecular complexity index is 1060. The molecular weight excluding hydrogens is 485 g/mol. The van der Waals surface area contributed by atoms with Crippen LogP contribution in [-0.4, -0.2) is 51.2 Å². The molecule has 8 nitrogen and oxygen atoms in total. The lowest BCUT2D eigenvalue weighted by Crippen LogP contribution is -2.54. The fraction of sp³-hybridized carbons (Fsp3) is 0.696. The van der Waals surface area contributed by atoms with Gasteiger partial charge in [-0.2, -0.15) is 21.6 Å². The molecule has 1 saturated heterocycles. The van der Waals surface area contributed by atoms with Crippen molar-refractivity contribution in [3.05, 3.63) is 29.3 Å². The van der Waals surface area contributed by atoms with Crippen LogP contribution in [0.15, 0.2) is 18.2 Å². The van der Waals surface area contributed by atoms with Crippen molar-refractivity contribution >= 4 is 21.8 Å². The summed E-state index contributed by atoms with van der Waals surface area (Å²) in [6.07, 6.45) is -0.780. The van der Waals surface area contributed by atoms with E-state index in [0.717, 1.165) is 41.8 Å². The van der Waals surface area contributed by atoms with Crippen molar-refractivity contribution in [3.63, 3.8) is 0 Å². The first-order valence-electron chi connectivity index (χ1n) is 11.9. The Hall–Kier alpha value is -1.89. The van der Waals surface area contributed by atoms with Gasteiger partial charge in [0.1, 0.15) is 6.67 Å². The molecule has 0 spiro atoms. The summed E-state index contributed by atoms with van der Waals surface area (Å²) in [5.74, 6) is -0.289. The zero-order chi connectivity index (χ0) is 25.6. The van der Waals surface area contributed by atoms with Crippen LogP contribution in [-0.2, 0) is 32.5 Å². The van der Waals surface area contributed by atoms with Crippen molar-refractivity contribution < 1.29 is 31.1 Å². The van der Waals surface area contributed by atoms with Gasteiger partial charge in [-0.25, -0.2) is 9.44 Å². The van der Waals surface area contributed by atoms with E-state index in [2.05, 4.69) is 5.32 Å². The van der Waals surface area contributed by atoms with Gasteiger partial charge in [0.15, 0.2) is 0 Å². The molecule has 1 aliphatic carbocycles. The summed E-state index contributed by atoms with van der Waals surface area (Å²) in [6.45, 7) is 4.89. The number of carbonyl (C=O) groups excluding carboxylic acids is 1. The third-order valence-corrected chi connectivity index (χ3v) is 8.63. The fourth-order valence-electron chi connectivity index (χ4n) is 5.67. The standard InChI is InChI=1S/C23H33F3N4O4S/c1-15(2)22(8-5-19(12-22)28-18-6-9-34-10-7-18)21(31)29-13-16-11-17(23(24,25)26)3-4-20(16)30(14-29)35(27,32)33/h3-4,11,15,18-19,28H,5-10,12-14H2,1-2H3,(H2,27,32,33)/t19-,22+/m0/s1. The van der Waals surface area contributed by atoms with E-state index in [1.807, 2.05) is 13.8 Å². The van der Waals surface area contributed by atoms with Crippen LogP contribution in [0.3, 0.4) is 0 Å². The summed E-state index contributed by atoms with van der Waals surface area (Å²) in [5, 5.41) is 9.06. The average Bonchev–Trinajstić information content (AvgIpc) is 3.22. The van der Waals surface area contributed by atoms with Gasteiger partial charge in [-0.1, -0.05) is 13.8 Å². The minimum atomic E-state index is -4.60. The molecule has 2 atom stereocenters. The van der Waals surface area contributed by atoms with Gasteiger partial charge >= 0.3 is 16.4 Å². The minimum Gasteiger partial charge on any atom is -0.381 e. The number of ether oxygens (including phenoxy) is 1. The SMILES string of the molecule is CC(C)[C@@]1(C(=O)N2Cc3cc(C(F)(F)F)ccc3N(S(N)(=O)=O)C2)CC[C@H](NC2CCOCC2)C1. The monoisotopic (exact) mass is 518 g/mol. The summed E-state index contributed by atoms with van der Waals surface area (Å²) < 4.78 is 70.9. The van der Waals surface area contributed by atoms with E-state index in [1.54, 1.807) is 0 Å². The van der Waals surface area contributed by atoms with Gasteiger partial charge in [-0.3, -0.25) is 4.79 Å². The average molecular weight is 519 g/mol. The van der Waals surface area contributed by atoms with Crippen molar-refractivity contribution in [3.8, 4) is 0 Å². The first kappa shape index (κ1) is 26.2. The highest BCUT2D eigenvalue weighted by molar-refractivity contribution is 7.90. The predicted molar refractivity (Wildman–Crippen MR) is 124 cm³/mol. The van der Waals surface area contributed by atoms with Gasteiger partial charge in [-0.05, 0) is 61.8 Å². The number of nitrogens with zero attached hydrogens (tertiary/aromatic N) is 2. The maximum atomic E-state index is 14.0. The lowest BCUT2D eigenvalue weighted by molar-refractivity contribution is -0.145. The Morgan fingerprint density at radius 2 is 1.89 bits per heavy atom. The molecule has 3 N–H and O–H groups in total. The van der Waals surface area contributed by atoms with Crippen LogP contribution in [0.1, 0.15) is 57.1 Å². The largest absolute Gasteiger partial charge is 0.416 e. The van der Waals surface area contributed by atoms with Crippen molar-refractivity contribution in [2.24, 2.45) is 16.5 Å². The van der Waals surface area contributed by atoms with Crippen LogP contribution in [0, 0.1) is 11.3 Å². The van der Waals surface area contributed by atoms with Crippen LogP contribution in [0.5, 0.6) is 0 Å². The molecule has 3 aliphatic rings. The van der Waals surface area contributed by atoms with Crippen molar-refractivity contribution in [1.82, 2.24) is 10.2 Å². The number of amides is 1. The van der Waals surface area contributed by atoms with Crippen LogP contribution in [0.2, 0.25) is 0 Å². The Labute approximate surface area is 204 Å². The van der Waals surface area contributed by atoms with E-state index in [9.17, 15) is 26.4 Å². The van der Waals surface area contributed by atoms with Gasteiger partial charge in [0.2, 0.25) is 5.91 Å². The molecule has 2 aliphatic heterocycles. The maximum Gasteiger partial charge on any atom is 0.416 e. The molecule has 4 rings (SSSR count). The van der Waals surface area contributed by atoms with E-state index in [0.29, 0.717) is 32.1 Å². The Morgan fingerprint density at radius 1 is 1.20 bits per heavy atom. The molecule has 1 aromatic carbocycles. The summed E-state index contributed by atoms with van der Waals surface area (Å²) in [5.41, 5.74) is -1.48. The second-order valence-corrected chi connectivity index (χ2v) is 11.7. The molecule has 1 amide bonds. The van der Waals surface area contributed by atoms with Crippen molar-refractivity contribution in [2.45, 2.75) is 70.8 Å². The summed E-state index contributed by atoms with van der Waals surface area (Å²) in [7, 11) is -4.31. The summed E-state index contributed by atoms with van der Waals surface area (Å²) >= 11 is 0. The number of rotatable bonds is 5. The van der Waals surface area contributed by atoms with Crippen LogP contribution in [0.25, 0.3) is 0 Å². The topological polar surface area (TPSA) is 105 Å². The quantitative estimate of drug-likeness (QED) is 0.624. The normalized spacial score (nSPS) is 26.3. The molecule has 12 heteroatoms. The number of nitrogens with one attached hydrogen (secondary N) is 1.